The quantitative estimate of drug-likeness (QED) is 0.234. The van der Waals surface area contributed by atoms with Gasteiger partial charge < -0.3 is 19.7 Å². The average Bonchev–Trinajstić information content (AvgIpc) is 3.26. The fourth-order valence-electron chi connectivity index (χ4n) is 6.76. The smallest absolute Gasteiger partial charge is 0.414 e. The highest BCUT2D eigenvalue weighted by molar-refractivity contribution is 6.01. The highest BCUT2D eigenvalue weighted by Gasteiger charge is 2.36. The van der Waals surface area contributed by atoms with Gasteiger partial charge in [0.2, 0.25) is 11.9 Å². The Hall–Kier alpha value is -3.15. The molecular formula is C34H58N8O4. The lowest BCUT2D eigenvalue weighted by molar-refractivity contribution is 0.0544. The van der Waals surface area contributed by atoms with E-state index in [4.69, 9.17) is 14.5 Å². The lowest BCUT2D eigenvalue weighted by Crippen LogP contribution is -2.56. The van der Waals surface area contributed by atoms with Crippen LogP contribution in [0.3, 0.4) is 0 Å². The van der Waals surface area contributed by atoms with Gasteiger partial charge in [-0.05, 0) is 99.1 Å². The van der Waals surface area contributed by atoms with Crippen LogP contribution in [-0.4, -0.2) is 88.5 Å². The number of alkyl carbamates (subject to hydrolysis) is 2. The third-order valence-corrected chi connectivity index (χ3v) is 8.68. The molecule has 0 aromatic carbocycles. The van der Waals surface area contributed by atoms with Gasteiger partial charge in [-0.15, -0.1) is 0 Å². The third kappa shape index (κ3) is 11.9. The second-order valence-corrected chi connectivity index (χ2v) is 14.9. The fourth-order valence-corrected chi connectivity index (χ4v) is 6.76. The Morgan fingerprint density at radius 3 is 2.07 bits per heavy atom. The minimum Gasteiger partial charge on any atom is -0.444 e. The molecule has 1 aromatic heterocycles. The number of ether oxygens (including phenoxy) is 2. The Kier molecular flexibility index (Phi) is 12.9. The lowest BCUT2D eigenvalue weighted by Gasteiger charge is -2.46. The van der Waals surface area contributed by atoms with Crippen molar-refractivity contribution < 1.29 is 19.1 Å². The Balaban J connectivity index is 1.51. The molecule has 2 unspecified atom stereocenters. The van der Waals surface area contributed by atoms with Crippen LogP contribution in [0.25, 0.3) is 0 Å². The summed E-state index contributed by atoms with van der Waals surface area (Å²) in [6.45, 7) is 14.2. The minimum atomic E-state index is -0.699. The number of anilines is 2. The second kappa shape index (κ2) is 16.6. The van der Waals surface area contributed by atoms with E-state index in [9.17, 15) is 9.59 Å². The number of likely N-dealkylation sites (tertiary alicyclic amines) is 1. The molecule has 2 atom stereocenters. The maximum Gasteiger partial charge on any atom is 0.414 e. The van der Waals surface area contributed by atoms with Crippen LogP contribution in [0, 0.1) is 0 Å². The van der Waals surface area contributed by atoms with Gasteiger partial charge in [0.25, 0.3) is 0 Å². The number of nitrogens with one attached hydrogen (secondary N) is 3. The predicted octanol–water partition coefficient (Wildman–Crippen LogP) is 6.23. The van der Waals surface area contributed by atoms with Crippen LogP contribution in [0.4, 0.5) is 21.4 Å². The van der Waals surface area contributed by atoms with E-state index in [1.54, 1.807) is 41.5 Å². The molecule has 46 heavy (non-hydrogen) atoms. The first-order valence-corrected chi connectivity index (χ1v) is 17.5. The van der Waals surface area contributed by atoms with Gasteiger partial charge in [0.05, 0.1) is 0 Å². The standard InChI is InChI=1S/C34H58N8O4/c1-33(2,3)45-31(43)39-30(40-32(44)46-34(4,5)6)35-20-18-27-26(17-14-24-42(27)25-15-10-9-11-16-25)37-29-36-21-19-28(38-29)41-22-12-7-8-13-23-41/h19,21,25-27H,7-18,20,22-24H2,1-6H3,(H,36,37,38)(H2,35,39,40,43,44). The molecule has 258 valence electrons. The zero-order valence-corrected chi connectivity index (χ0v) is 29.1. The summed E-state index contributed by atoms with van der Waals surface area (Å²) in [4.78, 5) is 44.6. The molecule has 3 heterocycles. The number of carbonyl (C=O) groups is 2. The molecule has 3 fully saturated rings. The van der Waals surface area contributed by atoms with E-state index in [0.717, 1.165) is 44.7 Å². The second-order valence-electron chi connectivity index (χ2n) is 14.9. The first-order chi connectivity index (χ1) is 21.9. The SMILES string of the molecule is CC(C)(C)OC(=O)NC(=NCCC1C(Nc2nccc(N3CCCCCC3)n2)CCCN1C1CCCCC1)NC(=O)OC(C)(C)C. The molecule has 2 amide bonds. The minimum absolute atomic E-state index is 0.0153. The molecule has 0 bridgehead atoms. The molecule has 12 nitrogen and oxygen atoms in total. The van der Waals surface area contributed by atoms with Crippen molar-refractivity contribution in [3.05, 3.63) is 12.3 Å². The molecule has 0 spiro atoms. The van der Waals surface area contributed by atoms with Gasteiger partial charge in [0.1, 0.15) is 17.0 Å². The number of piperidine rings is 1. The summed E-state index contributed by atoms with van der Waals surface area (Å²) in [6, 6.07) is 2.90. The van der Waals surface area contributed by atoms with Gasteiger partial charge in [0, 0.05) is 44.0 Å². The zero-order chi connectivity index (χ0) is 33.2. The first kappa shape index (κ1) is 35.7. The van der Waals surface area contributed by atoms with Crippen LogP contribution in [0.15, 0.2) is 17.3 Å². The summed E-state index contributed by atoms with van der Waals surface area (Å²) in [7, 11) is 0. The van der Waals surface area contributed by atoms with Crippen LogP contribution in [0.1, 0.15) is 119 Å². The van der Waals surface area contributed by atoms with Gasteiger partial charge in [-0.3, -0.25) is 20.5 Å². The van der Waals surface area contributed by atoms with Crippen LogP contribution >= 0.6 is 0 Å². The van der Waals surface area contributed by atoms with E-state index < -0.39 is 23.4 Å². The molecule has 2 saturated heterocycles. The molecule has 12 heteroatoms. The lowest BCUT2D eigenvalue weighted by atomic mass is 9.87. The molecule has 3 N–H and O–H groups in total. The van der Waals surface area contributed by atoms with Crippen molar-refractivity contribution in [3.63, 3.8) is 0 Å². The van der Waals surface area contributed by atoms with E-state index in [-0.39, 0.29) is 18.0 Å². The Morgan fingerprint density at radius 1 is 0.848 bits per heavy atom. The van der Waals surface area contributed by atoms with Gasteiger partial charge in [-0.2, -0.15) is 4.98 Å². The molecule has 2 aliphatic heterocycles. The van der Waals surface area contributed by atoms with Gasteiger partial charge >= 0.3 is 12.2 Å². The summed E-state index contributed by atoms with van der Waals surface area (Å²) >= 11 is 0. The van der Waals surface area contributed by atoms with Crippen molar-refractivity contribution in [1.29, 1.82) is 0 Å². The highest BCUT2D eigenvalue weighted by atomic mass is 16.6. The number of guanidine groups is 1. The van der Waals surface area contributed by atoms with Crippen LogP contribution in [0.5, 0.6) is 0 Å². The Morgan fingerprint density at radius 2 is 1.46 bits per heavy atom. The summed E-state index contributed by atoms with van der Waals surface area (Å²) in [6.07, 6.45) is 14.5. The van der Waals surface area contributed by atoms with Crippen LogP contribution < -0.4 is 20.9 Å². The molecule has 1 aromatic rings. The van der Waals surface area contributed by atoms with Gasteiger partial charge in [0.15, 0.2) is 0 Å². The van der Waals surface area contributed by atoms with Gasteiger partial charge in [-0.25, -0.2) is 14.6 Å². The third-order valence-electron chi connectivity index (χ3n) is 8.68. The van der Waals surface area contributed by atoms with Crippen LogP contribution in [0.2, 0.25) is 0 Å². The number of hydrogen-bond donors (Lipinski definition) is 3. The number of carbonyl (C=O) groups excluding carboxylic acids is 2. The average molecular weight is 643 g/mol. The first-order valence-electron chi connectivity index (χ1n) is 17.5. The van der Waals surface area contributed by atoms with E-state index >= 15 is 0 Å². The molecule has 0 radical (unpaired) electrons. The van der Waals surface area contributed by atoms with Crippen molar-refractivity contribution in [2.24, 2.45) is 4.99 Å². The maximum atomic E-state index is 12.6. The number of aromatic nitrogens is 2. The summed E-state index contributed by atoms with van der Waals surface area (Å²) in [5, 5.41) is 8.97. The molecule has 1 saturated carbocycles. The fraction of sp³-hybridized carbons (Fsp3) is 0.794. The highest BCUT2D eigenvalue weighted by Crippen LogP contribution is 2.31. The van der Waals surface area contributed by atoms with Gasteiger partial charge in [-0.1, -0.05) is 32.1 Å². The Bertz CT molecular complexity index is 1120. The Labute approximate surface area is 275 Å². The summed E-state index contributed by atoms with van der Waals surface area (Å²) < 4.78 is 10.9. The van der Waals surface area contributed by atoms with Crippen molar-refractivity contribution in [2.75, 3.05) is 36.4 Å². The van der Waals surface area contributed by atoms with E-state index in [1.807, 2.05) is 12.3 Å². The normalized spacial score (nSPS) is 21.9. The number of amides is 2. The van der Waals surface area contributed by atoms with E-state index in [1.165, 1.54) is 57.8 Å². The zero-order valence-electron chi connectivity index (χ0n) is 29.1. The van der Waals surface area contributed by atoms with E-state index in [2.05, 4.69) is 35.7 Å². The summed E-state index contributed by atoms with van der Waals surface area (Å²) in [5.74, 6) is 1.68. The summed E-state index contributed by atoms with van der Waals surface area (Å²) in [5.41, 5.74) is -1.40. The van der Waals surface area contributed by atoms with Crippen molar-refractivity contribution >= 4 is 29.9 Å². The van der Waals surface area contributed by atoms with Crippen LogP contribution in [-0.2, 0) is 9.47 Å². The predicted molar refractivity (Wildman–Crippen MR) is 182 cm³/mol. The maximum absolute atomic E-state index is 12.6. The number of aliphatic imine (C=N–C) groups is 1. The topological polar surface area (TPSA) is 133 Å². The van der Waals surface area contributed by atoms with Crippen molar-refractivity contribution in [1.82, 2.24) is 25.5 Å². The van der Waals surface area contributed by atoms with E-state index in [0.29, 0.717) is 18.5 Å². The van der Waals surface area contributed by atoms with Crippen molar-refractivity contribution in [2.45, 2.75) is 148 Å². The largest absolute Gasteiger partial charge is 0.444 e. The van der Waals surface area contributed by atoms with Crippen molar-refractivity contribution in [3.8, 4) is 0 Å². The molecule has 4 rings (SSSR count). The molecule has 3 aliphatic rings. The number of hydrogen-bond acceptors (Lipinski definition) is 10. The monoisotopic (exact) mass is 642 g/mol. The molecule has 1 aliphatic carbocycles. The number of nitrogens with zero attached hydrogens (tertiary/aromatic N) is 5. The number of rotatable bonds is 7. The molecular weight excluding hydrogens is 584 g/mol.